The van der Waals surface area contributed by atoms with Gasteiger partial charge in [0.15, 0.2) is 5.82 Å². The SMILES string of the molecule is CC(C)(C#N)c1cccc(NC(=O)c2ccc(F)c(Nc3ncnc4cnc(NC5CCOC5)nc34)c2)c1. The van der Waals surface area contributed by atoms with Crippen LogP contribution in [0.3, 0.4) is 0 Å². The molecule has 0 bridgehead atoms. The second-order valence-corrected chi connectivity index (χ2v) is 9.45. The number of anilines is 4. The number of ether oxygens (including phenoxy) is 1. The lowest BCUT2D eigenvalue weighted by Gasteiger charge is -2.17. The van der Waals surface area contributed by atoms with Crippen molar-refractivity contribution in [3.8, 4) is 6.07 Å². The number of rotatable bonds is 7. The first-order valence-corrected chi connectivity index (χ1v) is 12.0. The number of amides is 1. The molecule has 1 aliphatic heterocycles. The lowest BCUT2D eigenvalue weighted by Crippen LogP contribution is -2.20. The minimum absolute atomic E-state index is 0.0503. The van der Waals surface area contributed by atoms with Gasteiger partial charge in [-0.1, -0.05) is 12.1 Å². The van der Waals surface area contributed by atoms with Crippen molar-refractivity contribution >= 4 is 40.1 Å². The van der Waals surface area contributed by atoms with E-state index in [1.807, 2.05) is 6.07 Å². The molecule has 1 aliphatic rings. The number of aromatic nitrogens is 4. The van der Waals surface area contributed by atoms with Crippen molar-refractivity contribution in [1.82, 2.24) is 19.9 Å². The summed E-state index contributed by atoms with van der Waals surface area (Å²) in [6.45, 7) is 4.84. The standard InChI is InChI=1S/C27H25FN8O2/c1-27(2,14-29)17-4-3-5-18(11-17)33-25(37)16-6-7-20(28)21(10-16)35-24-23-22(31-15-32-24)12-30-26(36-23)34-19-8-9-38-13-19/h3-7,10-12,15,19H,8-9,13H2,1-2H3,(H,33,37)(H,30,34,36)(H,31,32,35). The van der Waals surface area contributed by atoms with Gasteiger partial charge in [-0.15, -0.1) is 0 Å². The highest BCUT2D eigenvalue weighted by Gasteiger charge is 2.21. The molecule has 4 aromatic rings. The second kappa shape index (κ2) is 10.4. The fraction of sp³-hybridized carbons (Fsp3) is 0.259. The van der Waals surface area contributed by atoms with Crippen molar-refractivity contribution in [3.63, 3.8) is 0 Å². The highest BCUT2D eigenvalue weighted by atomic mass is 19.1. The van der Waals surface area contributed by atoms with Crippen LogP contribution in [0.1, 0.15) is 36.2 Å². The van der Waals surface area contributed by atoms with E-state index in [1.54, 1.807) is 38.2 Å². The summed E-state index contributed by atoms with van der Waals surface area (Å²) in [5, 5.41) is 18.4. The van der Waals surface area contributed by atoms with E-state index >= 15 is 0 Å². The molecule has 0 saturated carbocycles. The van der Waals surface area contributed by atoms with Gasteiger partial charge in [-0.2, -0.15) is 5.26 Å². The van der Waals surface area contributed by atoms with Crippen molar-refractivity contribution in [2.24, 2.45) is 0 Å². The minimum Gasteiger partial charge on any atom is -0.379 e. The van der Waals surface area contributed by atoms with Crippen LogP contribution in [0.25, 0.3) is 11.0 Å². The predicted molar refractivity (Wildman–Crippen MR) is 141 cm³/mol. The largest absolute Gasteiger partial charge is 0.379 e. The molecule has 192 valence electrons. The Bertz CT molecular complexity index is 1550. The summed E-state index contributed by atoms with van der Waals surface area (Å²) in [4.78, 5) is 30.2. The van der Waals surface area contributed by atoms with Gasteiger partial charge < -0.3 is 20.7 Å². The third kappa shape index (κ3) is 5.35. The van der Waals surface area contributed by atoms with Gasteiger partial charge >= 0.3 is 0 Å². The molecule has 0 radical (unpaired) electrons. The average Bonchev–Trinajstić information content (AvgIpc) is 3.43. The third-order valence-electron chi connectivity index (χ3n) is 6.24. The number of hydrogen-bond acceptors (Lipinski definition) is 9. The van der Waals surface area contributed by atoms with Crippen molar-refractivity contribution in [2.45, 2.75) is 31.7 Å². The topological polar surface area (TPSA) is 138 Å². The molecule has 3 N–H and O–H groups in total. The van der Waals surface area contributed by atoms with E-state index in [0.29, 0.717) is 35.9 Å². The Hall–Kier alpha value is -4.69. The molecule has 1 amide bonds. The average molecular weight is 513 g/mol. The van der Waals surface area contributed by atoms with E-state index in [9.17, 15) is 14.4 Å². The molecule has 0 spiro atoms. The van der Waals surface area contributed by atoms with Crippen LogP contribution in [0.2, 0.25) is 0 Å². The van der Waals surface area contributed by atoms with Gasteiger partial charge in [0.05, 0.1) is 36.0 Å². The van der Waals surface area contributed by atoms with E-state index in [2.05, 4.69) is 42.0 Å². The predicted octanol–water partition coefficient (Wildman–Crippen LogP) is 4.56. The van der Waals surface area contributed by atoms with Gasteiger partial charge in [-0.3, -0.25) is 4.79 Å². The Labute approximate surface area is 218 Å². The summed E-state index contributed by atoms with van der Waals surface area (Å²) >= 11 is 0. The number of nitriles is 1. The minimum atomic E-state index is -0.710. The Kier molecular flexibility index (Phi) is 6.81. The Morgan fingerprint density at radius 3 is 2.84 bits per heavy atom. The van der Waals surface area contributed by atoms with E-state index < -0.39 is 17.1 Å². The Morgan fingerprint density at radius 2 is 2.05 bits per heavy atom. The van der Waals surface area contributed by atoms with Gasteiger partial charge in [-0.05, 0) is 56.2 Å². The zero-order chi connectivity index (χ0) is 26.7. The van der Waals surface area contributed by atoms with Crippen LogP contribution in [0.15, 0.2) is 55.0 Å². The maximum absolute atomic E-state index is 14.8. The molecule has 0 aliphatic carbocycles. The maximum Gasteiger partial charge on any atom is 0.255 e. The number of carbonyl (C=O) groups is 1. The number of nitrogens with zero attached hydrogens (tertiary/aromatic N) is 5. The van der Waals surface area contributed by atoms with Crippen molar-refractivity contribution in [2.75, 3.05) is 29.2 Å². The summed E-state index contributed by atoms with van der Waals surface area (Å²) in [7, 11) is 0. The number of fused-ring (bicyclic) bond motifs is 1. The number of nitrogens with one attached hydrogen (secondary N) is 3. The van der Waals surface area contributed by atoms with Crippen molar-refractivity contribution in [3.05, 3.63) is 71.9 Å². The Morgan fingerprint density at radius 1 is 1.18 bits per heavy atom. The lowest BCUT2D eigenvalue weighted by atomic mass is 9.86. The number of carbonyl (C=O) groups excluding carboxylic acids is 1. The molecule has 1 atom stereocenters. The molecule has 1 fully saturated rings. The maximum atomic E-state index is 14.8. The lowest BCUT2D eigenvalue weighted by molar-refractivity contribution is 0.102. The molecule has 5 rings (SSSR count). The van der Waals surface area contributed by atoms with Crippen LogP contribution >= 0.6 is 0 Å². The van der Waals surface area contributed by atoms with Gasteiger partial charge in [-0.25, -0.2) is 24.3 Å². The summed E-state index contributed by atoms with van der Waals surface area (Å²) in [5.41, 5.74) is 1.75. The van der Waals surface area contributed by atoms with Crippen LogP contribution in [0.4, 0.5) is 27.5 Å². The van der Waals surface area contributed by atoms with E-state index in [4.69, 9.17) is 4.74 Å². The molecule has 1 saturated heterocycles. The summed E-state index contributed by atoms with van der Waals surface area (Å²) in [5.74, 6) is -0.339. The van der Waals surface area contributed by atoms with E-state index in [-0.39, 0.29) is 23.1 Å². The summed E-state index contributed by atoms with van der Waals surface area (Å²) in [6, 6.07) is 13.4. The quantitative estimate of drug-likeness (QED) is 0.325. The molecular weight excluding hydrogens is 487 g/mol. The molecule has 1 unspecified atom stereocenters. The van der Waals surface area contributed by atoms with Crippen molar-refractivity contribution < 1.29 is 13.9 Å². The normalized spacial score (nSPS) is 15.2. The van der Waals surface area contributed by atoms with E-state index in [0.717, 1.165) is 12.0 Å². The smallest absolute Gasteiger partial charge is 0.255 e. The fourth-order valence-corrected chi connectivity index (χ4v) is 3.99. The highest BCUT2D eigenvalue weighted by molar-refractivity contribution is 6.05. The number of halogens is 1. The Balaban J connectivity index is 1.38. The molecule has 38 heavy (non-hydrogen) atoms. The van der Waals surface area contributed by atoms with Crippen LogP contribution in [-0.4, -0.2) is 45.1 Å². The summed E-state index contributed by atoms with van der Waals surface area (Å²) < 4.78 is 20.2. The third-order valence-corrected chi connectivity index (χ3v) is 6.24. The first kappa shape index (κ1) is 25.0. The molecule has 10 nitrogen and oxygen atoms in total. The number of benzene rings is 2. The van der Waals surface area contributed by atoms with Gasteiger partial charge in [0.25, 0.3) is 5.91 Å². The fourth-order valence-electron chi connectivity index (χ4n) is 3.99. The second-order valence-electron chi connectivity index (χ2n) is 9.45. The first-order valence-electron chi connectivity index (χ1n) is 12.0. The molecule has 3 heterocycles. The summed E-state index contributed by atoms with van der Waals surface area (Å²) in [6.07, 6.45) is 3.74. The van der Waals surface area contributed by atoms with Gasteiger partial charge in [0.1, 0.15) is 23.2 Å². The van der Waals surface area contributed by atoms with Gasteiger partial charge in [0.2, 0.25) is 5.95 Å². The number of hydrogen-bond donors (Lipinski definition) is 3. The molecular formula is C27H25FN8O2. The zero-order valence-electron chi connectivity index (χ0n) is 20.8. The monoisotopic (exact) mass is 512 g/mol. The van der Waals surface area contributed by atoms with Crippen LogP contribution < -0.4 is 16.0 Å². The van der Waals surface area contributed by atoms with Crippen LogP contribution in [0, 0.1) is 17.1 Å². The van der Waals surface area contributed by atoms with Crippen LogP contribution in [0.5, 0.6) is 0 Å². The molecule has 2 aromatic heterocycles. The van der Waals surface area contributed by atoms with Gasteiger partial charge in [0, 0.05) is 17.9 Å². The molecule has 11 heteroatoms. The first-order chi connectivity index (χ1) is 18.3. The highest BCUT2D eigenvalue weighted by Crippen LogP contribution is 2.27. The zero-order valence-corrected chi connectivity index (χ0v) is 20.8. The van der Waals surface area contributed by atoms with Crippen LogP contribution in [-0.2, 0) is 10.2 Å². The molecule has 2 aromatic carbocycles. The van der Waals surface area contributed by atoms with E-state index in [1.165, 1.54) is 24.5 Å². The van der Waals surface area contributed by atoms with Crippen molar-refractivity contribution in [1.29, 1.82) is 5.26 Å².